The predicted octanol–water partition coefficient (Wildman–Crippen LogP) is 17.7. The highest BCUT2D eigenvalue weighted by Crippen LogP contribution is 2.26. The van der Waals surface area contributed by atoms with Gasteiger partial charge in [0, 0.05) is 6.42 Å². The summed E-state index contributed by atoms with van der Waals surface area (Å²) in [6.07, 6.45) is 65.5. The number of allylic oxidation sites excluding steroid dienone is 9. The number of hydrogen-bond acceptors (Lipinski definition) is 10. The molecule has 1 aliphatic heterocycles. The maximum Gasteiger partial charge on any atom is 0.306 e. The summed E-state index contributed by atoms with van der Waals surface area (Å²) in [6, 6.07) is -1.03. The van der Waals surface area contributed by atoms with Gasteiger partial charge in [-0.1, -0.05) is 306 Å². The van der Waals surface area contributed by atoms with Gasteiger partial charge in [0.1, 0.15) is 24.4 Å². The van der Waals surface area contributed by atoms with E-state index < -0.39 is 67.4 Å². The summed E-state index contributed by atoms with van der Waals surface area (Å²) in [5, 5.41) is 57.2. The molecule has 0 spiro atoms. The van der Waals surface area contributed by atoms with Gasteiger partial charge in [-0.05, 0) is 70.6 Å². The number of unbranched alkanes of at least 4 members (excludes halogenated alkanes) is 38. The standard InChI is InChI=1S/C72H131NO10/c1-4-7-10-13-16-19-22-24-26-28-30-32-34-35-37-39-41-44-47-50-53-56-59-65(76)71(80)73-63(64(75)58-55-52-49-46-43-21-18-15-12-9-6-3)62-81-72-70(69(79)68(78)66(61-74)82-72)83-67(77)60-57-54-51-48-45-42-40-38-36-33-31-29-27-25-23-20-17-14-11-8-5-2/h17,20,25,27,31,33,38,40,55,58,63-66,68-70,72,74-76,78-79H,4-16,18-19,21-24,26,28-30,32,34-37,39,41-54,56-57,59-62H2,1-3H3,(H,73,80)/b20-17-,27-25-,33-31-,40-38-,58-55+. The summed E-state index contributed by atoms with van der Waals surface area (Å²) in [4.78, 5) is 26.6. The number of amides is 1. The smallest absolute Gasteiger partial charge is 0.306 e. The van der Waals surface area contributed by atoms with Gasteiger partial charge in [-0.2, -0.15) is 0 Å². The normalized spacial score (nSPS) is 18.9. The molecule has 1 saturated heterocycles. The van der Waals surface area contributed by atoms with Gasteiger partial charge in [0.2, 0.25) is 5.91 Å². The number of aliphatic hydroxyl groups excluding tert-OH is 5. The third-order valence-corrected chi connectivity index (χ3v) is 16.4. The molecule has 0 aromatic rings. The Balaban J connectivity index is 2.58. The molecule has 1 fully saturated rings. The molecule has 0 radical (unpaired) electrons. The largest absolute Gasteiger partial charge is 0.454 e. The van der Waals surface area contributed by atoms with Crippen LogP contribution in [0.25, 0.3) is 0 Å². The van der Waals surface area contributed by atoms with Crippen LogP contribution < -0.4 is 5.32 Å². The van der Waals surface area contributed by atoms with E-state index in [1.165, 1.54) is 186 Å². The number of nitrogens with one attached hydrogen (secondary N) is 1. The van der Waals surface area contributed by atoms with Gasteiger partial charge < -0.3 is 45.1 Å². The fourth-order valence-electron chi connectivity index (χ4n) is 10.9. The highest BCUT2D eigenvalue weighted by atomic mass is 16.7. The Morgan fingerprint density at radius 3 is 1.27 bits per heavy atom. The zero-order chi connectivity index (χ0) is 60.3. The minimum Gasteiger partial charge on any atom is -0.454 e. The lowest BCUT2D eigenvalue weighted by atomic mass is 9.99. The van der Waals surface area contributed by atoms with Crippen LogP contribution in [0.5, 0.6) is 0 Å². The second-order valence-corrected chi connectivity index (χ2v) is 24.3. The first-order valence-electron chi connectivity index (χ1n) is 35.1. The predicted molar refractivity (Wildman–Crippen MR) is 347 cm³/mol. The number of aliphatic hydroxyl groups is 5. The van der Waals surface area contributed by atoms with Gasteiger partial charge in [0.05, 0.1) is 25.4 Å². The number of hydrogen-bond donors (Lipinski definition) is 6. The van der Waals surface area contributed by atoms with E-state index in [2.05, 4.69) is 74.7 Å². The molecule has 0 saturated carbocycles. The molecule has 1 aliphatic rings. The average molecular weight is 1170 g/mol. The van der Waals surface area contributed by atoms with Crippen molar-refractivity contribution in [2.45, 2.75) is 372 Å². The molecule has 0 bridgehead atoms. The minimum absolute atomic E-state index is 0.102. The van der Waals surface area contributed by atoms with Gasteiger partial charge in [0.25, 0.3) is 0 Å². The maximum atomic E-state index is 13.5. The van der Waals surface area contributed by atoms with Crippen molar-refractivity contribution in [2.24, 2.45) is 0 Å². The topological polar surface area (TPSA) is 175 Å². The van der Waals surface area contributed by atoms with E-state index in [9.17, 15) is 35.1 Å². The molecule has 11 heteroatoms. The van der Waals surface area contributed by atoms with Crippen LogP contribution in [-0.2, 0) is 23.8 Å². The molecule has 1 rings (SSSR count). The van der Waals surface area contributed by atoms with Crippen molar-refractivity contribution in [2.75, 3.05) is 13.2 Å². The molecule has 0 aromatic carbocycles. The Kier molecular flexibility index (Phi) is 56.4. The Bertz CT molecular complexity index is 1580. The SMILES string of the molecule is CCCCC/C=C\C/C=C\C/C=C\C/C=C\CCCCCCCC(=O)OC1C(OCC(NC(=O)C(O)CCCCCCCCCCCCCCCCCCCCCCCC)C(O)/C=C/CCCCCCCCCCC)OC(CO)C(O)C1O. The average Bonchev–Trinajstić information content (AvgIpc) is 3.69. The fourth-order valence-corrected chi connectivity index (χ4v) is 10.9. The molecule has 1 heterocycles. The van der Waals surface area contributed by atoms with E-state index in [0.29, 0.717) is 19.3 Å². The number of carbonyl (C=O) groups excluding carboxylic acids is 2. The maximum absolute atomic E-state index is 13.5. The molecular formula is C72H131NO10. The van der Waals surface area contributed by atoms with Crippen LogP contribution in [0, 0.1) is 0 Å². The van der Waals surface area contributed by atoms with Crippen molar-refractivity contribution in [3.63, 3.8) is 0 Å². The second-order valence-electron chi connectivity index (χ2n) is 24.3. The van der Waals surface area contributed by atoms with Crippen molar-refractivity contribution in [3.05, 3.63) is 60.8 Å². The summed E-state index contributed by atoms with van der Waals surface area (Å²) >= 11 is 0. The lowest BCUT2D eigenvalue weighted by Gasteiger charge is -2.41. The quantitative estimate of drug-likeness (QED) is 0.0195. The number of rotatable bonds is 60. The van der Waals surface area contributed by atoms with Crippen molar-refractivity contribution < 1.29 is 49.3 Å². The Morgan fingerprint density at radius 2 is 0.831 bits per heavy atom. The molecule has 8 atom stereocenters. The summed E-state index contributed by atoms with van der Waals surface area (Å²) < 4.78 is 17.7. The van der Waals surface area contributed by atoms with Gasteiger partial charge in [0.15, 0.2) is 12.4 Å². The van der Waals surface area contributed by atoms with Crippen LogP contribution in [0.1, 0.15) is 323 Å². The first-order chi connectivity index (χ1) is 40.7. The van der Waals surface area contributed by atoms with E-state index >= 15 is 0 Å². The van der Waals surface area contributed by atoms with E-state index in [1.807, 2.05) is 6.08 Å². The van der Waals surface area contributed by atoms with E-state index in [1.54, 1.807) is 6.08 Å². The van der Waals surface area contributed by atoms with E-state index in [-0.39, 0.29) is 13.0 Å². The summed E-state index contributed by atoms with van der Waals surface area (Å²) in [5.41, 5.74) is 0. The van der Waals surface area contributed by atoms with Gasteiger partial charge >= 0.3 is 5.97 Å². The summed E-state index contributed by atoms with van der Waals surface area (Å²) in [6.45, 7) is 5.78. The van der Waals surface area contributed by atoms with Crippen LogP contribution >= 0.6 is 0 Å². The van der Waals surface area contributed by atoms with Crippen LogP contribution in [0.15, 0.2) is 60.8 Å². The van der Waals surface area contributed by atoms with Crippen molar-refractivity contribution >= 4 is 11.9 Å². The molecule has 6 N–H and O–H groups in total. The van der Waals surface area contributed by atoms with Gasteiger partial charge in [-0.3, -0.25) is 9.59 Å². The highest BCUT2D eigenvalue weighted by Gasteiger charge is 2.47. The molecular weight excluding hydrogens is 1040 g/mol. The van der Waals surface area contributed by atoms with Crippen LogP contribution in [0.2, 0.25) is 0 Å². The third kappa shape index (κ3) is 47.2. The molecule has 0 aromatic heterocycles. The molecule has 8 unspecified atom stereocenters. The van der Waals surface area contributed by atoms with Crippen LogP contribution in [0.3, 0.4) is 0 Å². The van der Waals surface area contributed by atoms with Crippen molar-refractivity contribution in [3.8, 4) is 0 Å². The lowest BCUT2D eigenvalue weighted by molar-refractivity contribution is -0.305. The fraction of sp³-hybridized carbons (Fsp3) is 0.833. The Hall–Kier alpha value is -2.64. The number of carbonyl (C=O) groups is 2. The van der Waals surface area contributed by atoms with Gasteiger partial charge in [-0.25, -0.2) is 0 Å². The first-order valence-corrected chi connectivity index (χ1v) is 35.1. The second kappa shape index (κ2) is 59.7. The van der Waals surface area contributed by atoms with Gasteiger partial charge in [-0.15, -0.1) is 0 Å². The summed E-state index contributed by atoms with van der Waals surface area (Å²) in [5.74, 6) is -1.20. The first kappa shape index (κ1) is 78.4. The number of esters is 1. The Morgan fingerprint density at radius 1 is 0.470 bits per heavy atom. The van der Waals surface area contributed by atoms with E-state index in [0.717, 1.165) is 89.9 Å². The monoisotopic (exact) mass is 1170 g/mol. The Labute approximate surface area is 509 Å². The molecule has 0 aliphatic carbocycles. The summed E-state index contributed by atoms with van der Waals surface area (Å²) in [7, 11) is 0. The molecule has 1 amide bonds. The van der Waals surface area contributed by atoms with Crippen molar-refractivity contribution in [1.29, 1.82) is 0 Å². The third-order valence-electron chi connectivity index (χ3n) is 16.4. The molecule has 11 nitrogen and oxygen atoms in total. The van der Waals surface area contributed by atoms with Crippen molar-refractivity contribution in [1.82, 2.24) is 5.32 Å². The zero-order valence-electron chi connectivity index (χ0n) is 53.8. The molecule has 83 heavy (non-hydrogen) atoms. The van der Waals surface area contributed by atoms with E-state index in [4.69, 9.17) is 14.2 Å². The highest BCUT2D eigenvalue weighted by molar-refractivity contribution is 5.80. The minimum atomic E-state index is -1.62. The number of ether oxygens (including phenoxy) is 3. The molecule has 484 valence electrons. The van der Waals surface area contributed by atoms with Crippen LogP contribution in [0.4, 0.5) is 0 Å². The zero-order valence-corrected chi connectivity index (χ0v) is 53.8. The van der Waals surface area contributed by atoms with Crippen LogP contribution in [-0.4, -0.2) is 99.6 Å². The lowest BCUT2D eigenvalue weighted by Crippen LogP contribution is -2.61.